The fourth-order valence-electron chi connectivity index (χ4n) is 4.25. The van der Waals surface area contributed by atoms with Gasteiger partial charge in [-0.3, -0.25) is 34.3 Å². The van der Waals surface area contributed by atoms with Crippen LogP contribution in [0.1, 0.15) is 45.5 Å². The lowest BCUT2D eigenvalue weighted by atomic mass is 10.00. The first kappa shape index (κ1) is 18.7. The van der Waals surface area contributed by atoms with Gasteiger partial charge in [0.25, 0.3) is 11.8 Å². The van der Waals surface area contributed by atoms with Crippen LogP contribution in [0.4, 0.5) is 4.39 Å². The Morgan fingerprint density at radius 2 is 1.93 bits per heavy atom. The second kappa shape index (κ2) is 7.06. The third kappa shape index (κ3) is 3.20. The quantitative estimate of drug-likeness (QED) is 0.703. The molecule has 28 heavy (non-hydrogen) atoms. The molecule has 3 atom stereocenters. The lowest BCUT2D eigenvalue weighted by molar-refractivity contribution is -0.136. The van der Waals surface area contributed by atoms with Gasteiger partial charge in [-0.2, -0.15) is 0 Å². The highest BCUT2D eigenvalue weighted by Gasteiger charge is 2.45. The van der Waals surface area contributed by atoms with Crippen LogP contribution in [0.25, 0.3) is 0 Å². The lowest BCUT2D eigenvalue weighted by Crippen LogP contribution is -2.54. The summed E-state index contributed by atoms with van der Waals surface area (Å²) in [5.74, 6) is -2.16. The van der Waals surface area contributed by atoms with E-state index in [1.807, 2.05) is 4.90 Å². The van der Waals surface area contributed by atoms with Gasteiger partial charge in [-0.1, -0.05) is 12.1 Å². The standard InChI is InChI=1S/C19H21FN4O4/c20-11-6-12(21)9-23(8-11)7-10-2-1-3-13-16(10)19(28)24(18(13)27)14-4-5-15(25)22-17(14)26/h1-3,11-12,14H,4-9,21H2,(H,22,25,26)/t11-,12-,14?/m0/s1. The minimum Gasteiger partial charge on any atom is -0.326 e. The van der Waals surface area contributed by atoms with E-state index in [1.54, 1.807) is 18.2 Å². The molecule has 1 aromatic rings. The SMILES string of the molecule is N[C@H]1C[C@H](F)CN(Cc2cccc3c2C(=O)N(C2CCC(=O)NC2=O)C3=O)C1. The van der Waals surface area contributed by atoms with Crippen LogP contribution in [0.15, 0.2) is 18.2 Å². The van der Waals surface area contributed by atoms with Crippen molar-refractivity contribution in [3.8, 4) is 0 Å². The molecule has 4 rings (SSSR count). The maximum atomic E-state index is 13.9. The Bertz CT molecular complexity index is 863. The zero-order valence-corrected chi connectivity index (χ0v) is 15.2. The molecule has 2 saturated heterocycles. The van der Waals surface area contributed by atoms with Crippen molar-refractivity contribution in [3.63, 3.8) is 0 Å². The molecule has 0 aromatic heterocycles. The Hall–Kier alpha value is -2.65. The molecule has 0 saturated carbocycles. The number of halogens is 1. The monoisotopic (exact) mass is 388 g/mol. The number of rotatable bonds is 3. The Kier molecular flexibility index (Phi) is 4.72. The second-order valence-corrected chi connectivity index (χ2v) is 7.57. The minimum atomic E-state index is -1.03. The van der Waals surface area contributed by atoms with E-state index in [0.717, 1.165) is 4.90 Å². The number of amides is 4. The van der Waals surface area contributed by atoms with Gasteiger partial charge in [-0.15, -0.1) is 0 Å². The molecule has 2 fully saturated rings. The molecular formula is C19H21FN4O4. The molecule has 1 unspecified atom stereocenters. The molecule has 0 bridgehead atoms. The number of nitrogens with zero attached hydrogens (tertiary/aromatic N) is 2. The van der Waals surface area contributed by atoms with Crippen molar-refractivity contribution in [3.05, 3.63) is 34.9 Å². The van der Waals surface area contributed by atoms with Gasteiger partial charge < -0.3 is 5.73 Å². The van der Waals surface area contributed by atoms with Gasteiger partial charge in [0.2, 0.25) is 11.8 Å². The van der Waals surface area contributed by atoms with Gasteiger partial charge in [0.1, 0.15) is 12.2 Å². The number of hydrogen-bond donors (Lipinski definition) is 2. The van der Waals surface area contributed by atoms with Crippen LogP contribution in [0.3, 0.4) is 0 Å². The highest BCUT2D eigenvalue weighted by molar-refractivity contribution is 6.24. The molecule has 0 spiro atoms. The Morgan fingerprint density at radius 1 is 1.14 bits per heavy atom. The minimum absolute atomic E-state index is 0.0697. The third-order valence-electron chi connectivity index (χ3n) is 5.46. The molecule has 0 radical (unpaired) electrons. The number of fused-ring (bicyclic) bond motifs is 1. The number of carbonyl (C=O) groups excluding carboxylic acids is 4. The van der Waals surface area contributed by atoms with Gasteiger partial charge >= 0.3 is 0 Å². The fraction of sp³-hybridized carbons (Fsp3) is 0.474. The van der Waals surface area contributed by atoms with E-state index in [1.165, 1.54) is 0 Å². The summed E-state index contributed by atoms with van der Waals surface area (Å²) in [5, 5.41) is 2.18. The first-order valence-electron chi connectivity index (χ1n) is 9.30. The summed E-state index contributed by atoms with van der Waals surface area (Å²) in [7, 11) is 0. The Balaban J connectivity index is 1.61. The molecule has 8 nitrogen and oxygen atoms in total. The van der Waals surface area contributed by atoms with E-state index < -0.39 is 35.8 Å². The molecule has 148 valence electrons. The first-order chi connectivity index (χ1) is 13.3. The second-order valence-electron chi connectivity index (χ2n) is 7.57. The molecule has 3 heterocycles. The topological polar surface area (TPSA) is 113 Å². The van der Waals surface area contributed by atoms with Crippen LogP contribution in [0, 0.1) is 0 Å². The van der Waals surface area contributed by atoms with Crippen molar-refractivity contribution in [2.75, 3.05) is 13.1 Å². The highest BCUT2D eigenvalue weighted by atomic mass is 19.1. The molecule has 1 aromatic carbocycles. The average Bonchev–Trinajstić information content (AvgIpc) is 2.86. The fourth-order valence-corrected chi connectivity index (χ4v) is 4.25. The van der Waals surface area contributed by atoms with Gasteiger partial charge in [-0.05, 0) is 24.5 Å². The maximum Gasteiger partial charge on any atom is 0.262 e. The number of alkyl halides is 1. The molecule has 9 heteroatoms. The van der Waals surface area contributed by atoms with Crippen molar-refractivity contribution in [1.82, 2.24) is 15.1 Å². The molecule has 4 amide bonds. The summed E-state index contributed by atoms with van der Waals surface area (Å²) >= 11 is 0. The predicted octanol–water partition coefficient (Wildman–Crippen LogP) is -0.0411. The van der Waals surface area contributed by atoms with Crippen LogP contribution < -0.4 is 11.1 Å². The summed E-state index contributed by atoms with van der Waals surface area (Å²) in [6, 6.07) is 3.66. The molecule has 3 aliphatic rings. The lowest BCUT2D eigenvalue weighted by Gasteiger charge is -2.33. The molecule has 0 aliphatic carbocycles. The number of piperidine rings is 2. The zero-order chi connectivity index (χ0) is 20.0. The van der Waals surface area contributed by atoms with Crippen LogP contribution in [-0.2, 0) is 16.1 Å². The van der Waals surface area contributed by atoms with E-state index in [-0.39, 0.29) is 36.6 Å². The van der Waals surface area contributed by atoms with E-state index in [0.29, 0.717) is 25.1 Å². The summed E-state index contributed by atoms with van der Waals surface area (Å²) in [6.45, 7) is 1.01. The molecule has 3 aliphatic heterocycles. The third-order valence-corrected chi connectivity index (χ3v) is 5.46. The largest absolute Gasteiger partial charge is 0.326 e. The number of hydrogen-bond acceptors (Lipinski definition) is 6. The average molecular weight is 388 g/mol. The highest BCUT2D eigenvalue weighted by Crippen LogP contribution is 2.31. The number of benzene rings is 1. The van der Waals surface area contributed by atoms with Gasteiger partial charge in [0, 0.05) is 32.1 Å². The van der Waals surface area contributed by atoms with Crippen molar-refractivity contribution in [2.45, 2.75) is 44.1 Å². The Labute approximate surface area is 160 Å². The summed E-state index contributed by atoms with van der Waals surface area (Å²) in [6.07, 6.45) is -0.543. The van der Waals surface area contributed by atoms with Crippen molar-refractivity contribution < 1.29 is 23.6 Å². The van der Waals surface area contributed by atoms with Crippen molar-refractivity contribution in [1.29, 1.82) is 0 Å². The van der Waals surface area contributed by atoms with E-state index in [9.17, 15) is 23.6 Å². The van der Waals surface area contributed by atoms with Crippen molar-refractivity contribution >= 4 is 23.6 Å². The van der Waals surface area contributed by atoms with Crippen molar-refractivity contribution in [2.24, 2.45) is 5.73 Å². The van der Waals surface area contributed by atoms with Crippen LogP contribution >= 0.6 is 0 Å². The van der Waals surface area contributed by atoms with E-state index in [4.69, 9.17) is 5.73 Å². The van der Waals surface area contributed by atoms with Gasteiger partial charge in [-0.25, -0.2) is 4.39 Å². The smallest absolute Gasteiger partial charge is 0.262 e. The van der Waals surface area contributed by atoms with Crippen LogP contribution in [-0.4, -0.2) is 64.8 Å². The maximum absolute atomic E-state index is 13.9. The zero-order valence-electron chi connectivity index (χ0n) is 15.2. The number of imide groups is 2. The predicted molar refractivity (Wildman–Crippen MR) is 95.9 cm³/mol. The summed E-state index contributed by atoms with van der Waals surface area (Å²) in [4.78, 5) is 52.2. The normalized spacial score (nSPS) is 28.5. The molecule has 3 N–H and O–H groups in total. The van der Waals surface area contributed by atoms with Crippen LogP contribution in [0.2, 0.25) is 0 Å². The van der Waals surface area contributed by atoms with E-state index >= 15 is 0 Å². The summed E-state index contributed by atoms with van der Waals surface area (Å²) < 4.78 is 13.9. The summed E-state index contributed by atoms with van der Waals surface area (Å²) in [5.41, 5.74) is 6.97. The molecular weight excluding hydrogens is 367 g/mol. The van der Waals surface area contributed by atoms with Gasteiger partial charge in [0.05, 0.1) is 11.1 Å². The van der Waals surface area contributed by atoms with E-state index in [2.05, 4.69) is 5.32 Å². The number of carbonyl (C=O) groups is 4. The number of nitrogens with one attached hydrogen (secondary N) is 1. The van der Waals surface area contributed by atoms with Crippen LogP contribution in [0.5, 0.6) is 0 Å². The first-order valence-corrected chi connectivity index (χ1v) is 9.30. The number of likely N-dealkylation sites (tertiary alicyclic amines) is 1. The Morgan fingerprint density at radius 3 is 2.64 bits per heavy atom. The van der Waals surface area contributed by atoms with Gasteiger partial charge in [0.15, 0.2) is 0 Å². The number of nitrogens with two attached hydrogens (primary N) is 1.